The van der Waals surface area contributed by atoms with Crippen LogP contribution in [0.2, 0.25) is 0 Å². The van der Waals surface area contributed by atoms with Gasteiger partial charge in [-0.15, -0.1) is 0 Å². The number of hydrogen-bond acceptors (Lipinski definition) is 3. The van der Waals surface area contributed by atoms with Gasteiger partial charge in [0.15, 0.2) is 0 Å². The van der Waals surface area contributed by atoms with E-state index < -0.39 is 6.16 Å². The van der Waals surface area contributed by atoms with E-state index in [2.05, 4.69) is 0 Å². The molecule has 0 saturated heterocycles. The molecule has 0 bridgehead atoms. The Morgan fingerprint density at radius 3 is 2.33 bits per heavy atom. The molecule has 3 nitrogen and oxygen atoms in total. The fraction of sp³-hybridized carbons (Fsp3) is 0.889. The third-order valence-corrected chi connectivity index (χ3v) is 1.41. The molecule has 0 rings (SSSR count). The molecular formula is C9H18O3. The molecule has 0 aliphatic heterocycles. The van der Waals surface area contributed by atoms with Crippen LogP contribution < -0.4 is 0 Å². The van der Waals surface area contributed by atoms with Crippen molar-refractivity contribution < 1.29 is 14.3 Å². The lowest BCUT2D eigenvalue weighted by molar-refractivity contribution is 0.0221. The molecule has 0 aromatic carbocycles. The fourth-order valence-electron chi connectivity index (χ4n) is 0.516. The lowest BCUT2D eigenvalue weighted by atomic mass is 10.2. The van der Waals surface area contributed by atoms with Gasteiger partial charge in [0, 0.05) is 0 Å². The number of ether oxygens (including phenoxy) is 2. The Morgan fingerprint density at radius 2 is 1.92 bits per heavy atom. The number of rotatable bonds is 4. The summed E-state index contributed by atoms with van der Waals surface area (Å²) >= 11 is 0. The van der Waals surface area contributed by atoms with Crippen LogP contribution in [0, 0.1) is 5.92 Å². The average molecular weight is 174 g/mol. The van der Waals surface area contributed by atoms with Crippen LogP contribution in [0.5, 0.6) is 0 Å². The van der Waals surface area contributed by atoms with E-state index in [1.807, 2.05) is 27.7 Å². The van der Waals surface area contributed by atoms with Gasteiger partial charge in [0.05, 0.1) is 6.61 Å². The van der Waals surface area contributed by atoms with E-state index in [0.29, 0.717) is 12.5 Å². The summed E-state index contributed by atoms with van der Waals surface area (Å²) in [5.41, 5.74) is 0. The molecule has 3 heteroatoms. The Bertz CT molecular complexity index is 132. The van der Waals surface area contributed by atoms with Gasteiger partial charge in [0.25, 0.3) is 0 Å². The smallest absolute Gasteiger partial charge is 0.434 e. The molecule has 0 fully saturated rings. The molecule has 0 radical (unpaired) electrons. The highest BCUT2D eigenvalue weighted by Gasteiger charge is 2.08. The Labute approximate surface area is 74.0 Å². The number of carbonyl (C=O) groups excluding carboxylic acids is 1. The Hall–Kier alpha value is -0.730. The molecule has 0 aliphatic rings. The molecule has 0 amide bonds. The molecular weight excluding hydrogens is 156 g/mol. The van der Waals surface area contributed by atoms with Gasteiger partial charge in [-0.25, -0.2) is 4.79 Å². The molecule has 0 N–H and O–H groups in total. The summed E-state index contributed by atoms with van der Waals surface area (Å²) in [5.74, 6) is 0.356. The molecule has 0 aromatic rings. The fourth-order valence-corrected chi connectivity index (χ4v) is 0.516. The van der Waals surface area contributed by atoms with Gasteiger partial charge in [0.1, 0.15) is 6.10 Å². The quantitative estimate of drug-likeness (QED) is 0.614. The zero-order valence-electron chi connectivity index (χ0n) is 8.29. The van der Waals surface area contributed by atoms with Gasteiger partial charge < -0.3 is 9.47 Å². The van der Waals surface area contributed by atoms with Crippen molar-refractivity contribution in [1.29, 1.82) is 0 Å². The molecule has 1 atom stereocenters. The second-order valence-electron chi connectivity index (χ2n) is 3.29. The average Bonchev–Trinajstić information content (AvgIpc) is 2.00. The maximum absolute atomic E-state index is 10.9. The third kappa shape index (κ3) is 6.01. The molecule has 12 heavy (non-hydrogen) atoms. The van der Waals surface area contributed by atoms with Crippen molar-refractivity contribution in [2.75, 3.05) is 6.61 Å². The monoisotopic (exact) mass is 174 g/mol. The van der Waals surface area contributed by atoms with E-state index in [9.17, 15) is 4.79 Å². The molecule has 0 aromatic heterocycles. The SMILES string of the molecule is CCC(C)OC(=O)OCC(C)C. The maximum Gasteiger partial charge on any atom is 0.508 e. The second-order valence-corrected chi connectivity index (χ2v) is 3.29. The zero-order valence-corrected chi connectivity index (χ0v) is 8.29. The van der Waals surface area contributed by atoms with Crippen LogP contribution in [0.25, 0.3) is 0 Å². The van der Waals surface area contributed by atoms with Crippen molar-refractivity contribution in [2.24, 2.45) is 5.92 Å². The summed E-state index contributed by atoms with van der Waals surface area (Å²) in [6.45, 7) is 8.19. The third-order valence-electron chi connectivity index (χ3n) is 1.41. The van der Waals surface area contributed by atoms with Crippen LogP contribution in [0.3, 0.4) is 0 Å². The van der Waals surface area contributed by atoms with E-state index in [1.165, 1.54) is 0 Å². The topological polar surface area (TPSA) is 35.5 Å². The Morgan fingerprint density at radius 1 is 1.33 bits per heavy atom. The minimum absolute atomic E-state index is 0.0512. The van der Waals surface area contributed by atoms with Crippen LogP contribution in [-0.2, 0) is 9.47 Å². The lowest BCUT2D eigenvalue weighted by Gasteiger charge is -2.11. The highest BCUT2D eigenvalue weighted by atomic mass is 16.7. The maximum atomic E-state index is 10.9. The largest absolute Gasteiger partial charge is 0.508 e. The summed E-state index contributed by atoms with van der Waals surface area (Å²) in [6, 6.07) is 0. The first-order valence-electron chi connectivity index (χ1n) is 4.39. The van der Waals surface area contributed by atoms with Gasteiger partial charge >= 0.3 is 6.16 Å². The molecule has 0 spiro atoms. The summed E-state index contributed by atoms with van der Waals surface area (Å²) in [4.78, 5) is 10.9. The first-order chi connectivity index (χ1) is 5.56. The van der Waals surface area contributed by atoms with Gasteiger partial charge in [-0.3, -0.25) is 0 Å². The summed E-state index contributed by atoms with van der Waals surface area (Å²) in [7, 11) is 0. The van der Waals surface area contributed by atoms with Crippen molar-refractivity contribution in [3.05, 3.63) is 0 Å². The first-order valence-corrected chi connectivity index (χ1v) is 4.39. The van der Waals surface area contributed by atoms with E-state index >= 15 is 0 Å². The molecule has 1 unspecified atom stereocenters. The van der Waals surface area contributed by atoms with E-state index in [0.717, 1.165) is 6.42 Å². The number of carbonyl (C=O) groups is 1. The van der Waals surface area contributed by atoms with Gasteiger partial charge in [-0.05, 0) is 19.3 Å². The molecule has 0 heterocycles. The van der Waals surface area contributed by atoms with Crippen molar-refractivity contribution in [3.8, 4) is 0 Å². The van der Waals surface area contributed by atoms with Crippen molar-refractivity contribution in [3.63, 3.8) is 0 Å². The molecule has 72 valence electrons. The van der Waals surface area contributed by atoms with Crippen LogP contribution in [0.15, 0.2) is 0 Å². The predicted molar refractivity (Wildman–Crippen MR) is 47.0 cm³/mol. The van der Waals surface area contributed by atoms with Crippen molar-refractivity contribution in [2.45, 2.75) is 40.2 Å². The van der Waals surface area contributed by atoms with Gasteiger partial charge in [0.2, 0.25) is 0 Å². The highest BCUT2D eigenvalue weighted by molar-refractivity contribution is 5.60. The van der Waals surface area contributed by atoms with Crippen molar-refractivity contribution >= 4 is 6.16 Å². The summed E-state index contributed by atoms with van der Waals surface area (Å²) < 4.78 is 9.70. The van der Waals surface area contributed by atoms with Crippen LogP contribution in [0.1, 0.15) is 34.1 Å². The van der Waals surface area contributed by atoms with Crippen molar-refractivity contribution in [1.82, 2.24) is 0 Å². The minimum Gasteiger partial charge on any atom is -0.434 e. The van der Waals surface area contributed by atoms with Crippen LogP contribution in [0.4, 0.5) is 4.79 Å². The first kappa shape index (κ1) is 11.3. The van der Waals surface area contributed by atoms with E-state index in [4.69, 9.17) is 9.47 Å². The van der Waals surface area contributed by atoms with Gasteiger partial charge in [-0.1, -0.05) is 20.8 Å². The second kappa shape index (κ2) is 5.86. The molecule has 0 aliphatic carbocycles. The van der Waals surface area contributed by atoms with Crippen LogP contribution in [-0.4, -0.2) is 18.9 Å². The Kier molecular flexibility index (Phi) is 5.51. The predicted octanol–water partition coefficient (Wildman–Crippen LogP) is 2.59. The lowest BCUT2D eigenvalue weighted by Crippen LogP contribution is -2.17. The zero-order chi connectivity index (χ0) is 9.56. The molecule has 0 saturated carbocycles. The normalized spacial score (nSPS) is 12.8. The van der Waals surface area contributed by atoms with Gasteiger partial charge in [-0.2, -0.15) is 0 Å². The van der Waals surface area contributed by atoms with E-state index in [1.54, 1.807) is 0 Å². The minimum atomic E-state index is -0.557. The van der Waals surface area contributed by atoms with Crippen LogP contribution >= 0.6 is 0 Å². The summed E-state index contributed by atoms with van der Waals surface area (Å²) in [5, 5.41) is 0. The number of hydrogen-bond donors (Lipinski definition) is 0. The summed E-state index contributed by atoms with van der Waals surface area (Å²) in [6.07, 6.45) is 0.208. The Balaban J connectivity index is 3.46. The standard InChI is InChI=1S/C9H18O3/c1-5-8(4)12-9(10)11-6-7(2)3/h7-8H,5-6H2,1-4H3. The highest BCUT2D eigenvalue weighted by Crippen LogP contribution is 2.00. The van der Waals surface area contributed by atoms with E-state index in [-0.39, 0.29) is 6.10 Å².